The molecule has 0 bridgehead atoms. The molecule has 0 aliphatic rings. The van der Waals surface area contributed by atoms with E-state index in [2.05, 4.69) is 15.2 Å². The molecule has 0 spiro atoms. The molecule has 5 rings (SSSR count). The zero-order chi connectivity index (χ0) is 18.9. The highest BCUT2D eigenvalue weighted by molar-refractivity contribution is 5.99. The molecule has 1 N–H and O–H groups in total. The average molecular weight is 365 g/mol. The van der Waals surface area contributed by atoms with Crippen molar-refractivity contribution in [3.63, 3.8) is 0 Å². The van der Waals surface area contributed by atoms with Gasteiger partial charge in [-0.1, -0.05) is 54.6 Å². The van der Waals surface area contributed by atoms with Gasteiger partial charge in [-0.25, -0.2) is 4.39 Å². The normalized spacial score (nSPS) is 11.6. The standard InChI is InChI=1S/C24H16FN3/c25-21-8-4-7-18-14-26-15-20(24(18)21)17-10-12-23-19(13-17)22(27-28-23)11-9-16-5-2-1-3-6-16/h1-15H,(H,27,28). The van der Waals surface area contributed by atoms with Gasteiger partial charge in [-0.05, 0) is 35.4 Å². The Labute approximate surface area is 161 Å². The van der Waals surface area contributed by atoms with E-state index in [1.165, 1.54) is 6.07 Å². The van der Waals surface area contributed by atoms with Crippen molar-refractivity contribution in [3.05, 3.63) is 96.2 Å². The second-order valence-electron chi connectivity index (χ2n) is 6.64. The van der Waals surface area contributed by atoms with Crippen LogP contribution in [0.1, 0.15) is 11.3 Å². The predicted molar refractivity (Wildman–Crippen MR) is 112 cm³/mol. The fraction of sp³-hybridized carbons (Fsp3) is 0. The first-order valence-corrected chi connectivity index (χ1v) is 9.03. The fourth-order valence-corrected chi connectivity index (χ4v) is 3.48. The van der Waals surface area contributed by atoms with E-state index >= 15 is 0 Å². The van der Waals surface area contributed by atoms with Crippen LogP contribution in [-0.2, 0) is 0 Å². The summed E-state index contributed by atoms with van der Waals surface area (Å²) in [5.41, 5.74) is 4.57. The molecule has 4 heteroatoms. The van der Waals surface area contributed by atoms with Crippen LogP contribution in [0.2, 0.25) is 0 Å². The van der Waals surface area contributed by atoms with Gasteiger partial charge in [0, 0.05) is 34.1 Å². The lowest BCUT2D eigenvalue weighted by Crippen LogP contribution is -1.87. The van der Waals surface area contributed by atoms with Crippen LogP contribution in [0.3, 0.4) is 0 Å². The summed E-state index contributed by atoms with van der Waals surface area (Å²) in [4.78, 5) is 4.29. The van der Waals surface area contributed by atoms with Crippen molar-refractivity contribution in [2.24, 2.45) is 0 Å². The van der Waals surface area contributed by atoms with Crippen LogP contribution in [0.4, 0.5) is 4.39 Å². The van der Waals surface area contributed by atoms with Gasteiger partial charge >= 0.3 is 0 Å². The smallest absolute Gasteiger partial charge is 0.131 e. The van der Waals surface area contributed by atoms with Crippen molar-refractivity contribution in [1.29, 1.82) is 0 Å². The van der Waals surface area contributed by atoms with E-state index in [1.807, 2.05) is 66.7 Å². The van der Waals surface area contributed by atoms with Crippen molar-refractivity contribution >= 4 is 33.8 Å². The van der Waals surface area contributed by atoms with Gasteiger partial charge < -0.3 is 0 Å². The number of nitrogens with one attached hydrogen (secondary N) is 1. The van der Waals surface area contributed by atoms with E-state index in [-0.39, 0.29) is 5.82 Å². The zero-order valence-electron chi connectivity index (χ0n) is 14.9. The molecule has 134 valence electrons. The first-order valence-electron chi connectivity index (χ1n) is 9.03. The maximum absolute atomic E-state index is 14.5. The topological polar surface area (TPSA) is 41.6 Å². The Morgan fingerprint density at radius 1 is 0.857 bits per heavy atom. The highest BCUT2D eigenvalue weighted by Gasteiger charge is 2.11. The number of halogens is 1. The number of nitrogens with zero attached hydrogens (tertiary/aromatic N) is 2. The molecule has 3 aromatic carbocycles. The van der Waals surface area contributed by atoms with Gasteiger partial charge in [0.15, 0.2) is 0 Å². The lowest BCUT2D eigenvalue weighted by atomic mass is 9.99. The molecule has 0 atom stereocenters. The summed E-state index contributed by atoms with van der Waals surface area (Å²) in [6, 6.07) is 21.1. The van der Waals surface area contributed by atoms with Crippen molar-refractivity contribution in [1.82, 2.24) is 15.2 Å². The number of hydrogen-bond acceptors (Lipinski definition) is 2. The molecule has 2 aromatic heterocycles. The minimum atomic E-state index is -0.244. The summed E-state index contributed by atoms with van der Waals surface area (Å²) in [6.45, 7) is 0. The molecule has 0 aliphatic heterocycles. The monoisotopic (exact) mass is 365 g/mol. The molecule has 3 nitrogen and oxygen atoms in total. The third-order valence-corrected chi connectivity index (χ3v) is 4.87. The maximum Gasteiger partial charge on any atom is 0.131 e. The van der Waals surface area contributed by atoms with Gasteiger partial charge in [0.1, 0.15) is 5.82 Å². The molecule has 0 saturated carbocycles. The summed E-state index contributed by atoms with van der Waals surface area (Å²) in [5.74, 6) is -0.244. The van der Waals surface area contributed by atoms with Crippen LogP contribution in [0, 0.1) is 5.82 Å². The largest absolute Gasteiger partial charge is 0.277 e. The first-order chi connectivity index (χ1) is 13.8. The Morgan fingerprint density at radius 2 is 1.75 bits per heavy atom. The second-order valence-corrected chi connectivity index (χ2v) is 6.64. The van der Waals surface area contributed by atoms with Gasteiger partial charge in [0.05, 0.1) is 11.2 Å². The number of benzene rings is 3. The molecule has 2 heterocycles. The quantitative estimate of drug-likeness (QED) is 0.420. The van der Waals surface area contributed by atoms with E-state index < -0.39 is 0 Å². The van der Waals surface area contributed by atoms with Crippen LogP contribution >= 0.6 is 0 Å². The first kappa shape index (κ1) is 16.4. The number of pyridine rings is 1. The summed E-state index contributed by atoms with van der Waals surface area (Å²) in [5, 5.41) is 9.84. The van der Waals surface area contributed by atoms with Crippen LogP contribution in [0.25, 0.3) is 45.0 Å². The third kappa shape index (κ3) is 2.85. The van der Waals surface area contributed by atoms with Gasteiger partial charge in [-0.3, -0.25) is 10.1 Å². The molecular formula is C24H16FN3. The van der Waals surface area contributed by atoms with E-state index in [0.29, 0.717) is 5.39 Å². The summed E-state index contributed by atoms with van der Waals surface area (Å²) in [7, 11) is 0. The lowest BCUT2D eigenvalue weighted by molar-refractivity contribution is 0.640. The molecule has 5 aromatic rings. The van der Waals surface area contributed by atoms with Crippen molar-refractivity contribution in [3.8, 4) is 11.1 Å². The highest BCUT2D eigenvalue weighted by Crippen LogP contribution is 2.32. The number of hydrogen-bond donors (Lipinski definition) is 1. The van der Waals surface area contributed by atoms with Crippen LogP contribution in [0.15, 0.2) is 79.1 Å². The maximum atomic E-state index is 14.5. The van der Waals surface area contributed by atoms with Gasteiger partial charge in [-0.2, -0.15) is 5.10 Å². The third-order valence-electron chi connectivity index (χ3n) is 4.87. The molecule has 28 heavy (non-hydrogen) atoms. The Bertz CT molecular complexity index is 1310. The molecule has 0 radical (unpaired) electrons. The van der Waals surface area contributed by atoms with Crippen molar-refractivity contribution in [2.75, 3.05) is 0 Å². The molecule has 0 amide bonds. The molecule has 0 saturated heterocycles. The average Bonchev–Trinajstić information content (AvgIpc) is 3.15. The van der Waals surface area contributed by atoms with Crippen molar-refractivity contribution in [2.45, 2.75) is 0 Å². The van der Waals surface area contributed by atoms with Gasteiger partial charge in [0.2, 0.25) is 0 Å². The Hall–Kier alpha value is -3.79. The minimum Gasteiger partial charge on any atom is -0.277 e. The Balaban J connectivity index is 1.64. The Morgan fingerprint density at radius 3 is 2.64 bits per heavy atom. The molecule has 0 unspecified atom stereocenters. The lowest BCUT2D eigenvalue weighted by Gasteiger charge is -2.07. The zero-order valence-corrected chi connectivity index (χ0v) is 14.9. The molecular weight excluding hydrogens is 349 g/mol. The van der Waals surface area contributed by atoms with Gasteiger partial charge in [-0.15, -0.1) is 0 Å². The molecule has 0 aliphatic carbocycles. The van der Waals surface area contributed by atoms with E-state index in [1.54, 1.807) is 18.5 Å². The van der Waals surface area contributed by atoms with E-state index in [4.69, 9.17) is 0 Å². The predicted octanol–water partition coefficient (Wildman–Crippen LogP) is 6.09. The SMILES string of the molecule is Fc1cccc2cncc(-c3ccc4[nH]nc(C=Cc5ccccc5)c4c3)c12. The van der Waals surface area contributed by atoms with Crippen LogP contribution < -0.4 is 0 Å². The van der Waals surface area contributed by atoms with Crippen LogP contribution in [-0.4, -0.2) is 15.2 Å². The molecule has 0 fully saturated rings. The fourth-order valence-electron chi connectivity index (χ4n) is 3.48. The van der Waals surface area contributed by atoms with Crippen molar-refractivity contribution < 1.29 is 4.39 Å². The highest BCUT2D eigenvalue weighted by atomic mass is 19.1. The summed E-state index contributed by atoms with van der Waals surface area (Å²) >= 11 is 0. The van der Waals surface area contributed by atoms with Gasteiger partial charge in [0.25, 0.3) is 0 Å². The number of aromatic nitrogens is 3. The van der Waals surface area contributed by atoms with Crippen LogP contribution in [0.5, 0.6) is 0 Å². The van der Waals surface area contributed by atoms with E-state index in [0.717, 1.165) is 38.7 Å². The number of rotatable bonds is 3. The number of H-pyrrole nitrogens is 1. The number of aromatic amines is 1. The second kappa shape index (κ2) is 6.74. The Kier molecular flexibility index (Phi) is 3.95. The minimum absolute atomic E-state index is 0.244. The van der Waals surface area contributed by atoms with E-state index in [9.17, 15) is 4.39 Å². The summed E-state index contributed by atoms with van der Waals surface area (Å²) in [6.07, 6.45) is 7.42. The number of fused-ring (bicyclic) bond motifs is 2. The summed E-state index contributed by atoms with van der Waals surface area (Å²) < 4.78 is 14.5.